The van der Waals surface area contributed by atoms with E-state index in [1.54, 1.807) is 6.07 Å². The van der Waals surface area contributed by atoms with Crippen molar-refractivity contribution < 1.29 is 13.5 Å². The monoisotopic (exact) mass is 403 g/mol. The summed E-state index contributed by atoms with van der Waals surface area (Å²) in [5.41, 5.74) is 2.49. The topological polar surface area (TPSA) is 30.3 Å². The fraction of sp³-hybridized carbons (Fsp3) is 0.381. The van der Waals surface area contributed by atoms with Crippen LogP contribution in [0.25, 0.3) is 11.0 Å². The molecule has 0 N–H and O–H groups in total. The summed E-state index contributed by atoms with van der Waals surface area (Å²) < 4.78 is 35.2. The Morgan fingerprint density at radius 2 is 1.93 bits per heavy atom. The van der Waals surface area contributed by atoms with E-state index in [1.807, 2.05) is 12.1 Å². The number of ether oxygens (including phenoxy) is 1. The molecule has 3 aromatic rings. The van der Waals surface area contributed by atoms with Gasteiger partial charge in [-0.1, -0.05) is 17.7 Å². The molecular formula is C21H20ClF2N3O. The Balaban J connectivity index is 1.33. The largest absolute Gasteiger partial charge is 0.489 e. The van der Waals surface area contributed by atoms with Crippen LogP contribution in [0.15, 0.2) is 30.3 Å². The number of likely N-dealkylation sites (tertiary alicyclic amines) is 1. The van der Waals surface area contributed by atoms with Gasteiger partial charge >= 0.3 is 0 Å². The smallest absolute Gasteiger partial charge is 0.146 e. The van der Waals surface area contributed by atoms with Crippen LogP contribution in [0.4, 0.5) is 8.78 Å². The third kappa shape index (κ3) is 3.14. The van der Waals surface area contributed by atoms with Crippen molar-refractivity contribution in [3.8, 4) is 5.75 Å². The van der Waals surface area contributed by atoms with Gasteiger partial charge in [0.2, 0.25) is 0 Å². The summed E-state index contributed by atoms with van der Waals surface area (Å²) in [5, 5.41) is 0.628. The van der Waals surface area contributed by atoms with Crippen molar-refractivity contribution in [1.29, 1.82) is 0 Å². The fourth-order valence-electron chi connectivity index (χ4n) is 4.40. The second-order valence-corrected chi connectivity index (χ2v) is 7.95. The van der Waals surface area contributed by atoms with Crippen molar-refractivity contribution in [3.63, 3.8) is 0 Å². The number of rotatable bonds is 3. The summed E-state index contributed by atoms with van der Waals surface area (Å²) in [4.78, 5) is 7.14. The lowest BCUT2D eigenvalue weighted by Crippen LogP contribution is -2.34. The molecule has 2 aliphatic rings. The van der Waals surface area contributed by atoms with Gasteiger partial charge in [-0.15, -0.1) is 0 Å². The number of benzene rings is 2. The first-order valence-electron chi connectivity index (χ1n) is 9.57. The van der Waals surface area contributed by atoms with E-state index in [1.165, 1.54) is 6.07 Å². The number of nitrogens with zero attached hydrogens (tertiary/aromatic N) is 3. The van der Waals surface area contributed by atoms with Gasteiger partial charge in [0.05, 0.1) is 18.6 Å². The van der Waals surface area contributed by atoms with Crippen molar-refractivity contribution in [1.82, 2.24) is 14.5 Å². The third-order valence-corrected chi connectivity index (χ3v) is 6.00. The zero-order valence-electron chi connectivity index (χ0n) is 15.3. The molecule has 5 rings (SSSR count). The van der Waals surface area contributed by atoms with Gasteiger partial charge in [-0.3, -0.25) is 4.90 Å². The lowest BCUT2D eigenvalue weighted by atomic mass is 9.89. The van der Waals surface area contributed by atoms with E-state index in [9.17, 15) is 8.78 Å². The van der Waals surface area contributed by atoms with Crippen LogP contribution in [0.3, 0.4) is 0 Å². The summed E-state index contributed by atoms with van der Waals surface area (Å²) in [6.45, 7) is 3.84. The van der Waals surface area contributed by atoms with E-state index < -0.39 is 11.6 Å². The molecule has 1 fully saturated rings. The van der Waals surface area contributed by atoms with Crippen LogP contribution in [0.1, 0.15) is 30.1 Å². The number of hydrogen-bond donors (Lipinski definition) is 0. The molecule has 0 atom stereocenters. The minimum Gasteiger partial charge on any atom is -0.489 e. The number of imidazole rings is 1. The van der Waals surface area contributed by atoms with Crippen LogP contribution in [-0.2, 0) is 13.1 Å². The van der Waals surface area contributed by atoms with Gasteiger partial charge in [0.15, 0.2) is 0 Å². The van der Waals surface area contributed by atoms with Crippen LogP contribution < -0.4 is 4.74 Å². The van der Waals surface area contributed by atoms with Crippen LogP contribution in [-0.4, -0.2) is 34.1 Å². The van der Waals surface area contributed by atoms with E-state index in [2.05, 4.69) is 9.47 Å². The molecule has 0 amide bonds. The standard InChI is InChI=1S/C21H20ClF2N3O/c22-14-9-18-21-19(10-14)28-8-7-27(21)20(25-18)12-26-5-3-13(4-6-26)16-2-1-15(23)11-17(16)24/h1-2,9-11,13H,3-8,12H2. The molecule has 7 heteroatoms. The number of aromatic nitrogens is 2. The minimum absolute atomic E-state index is 0.133. The van der Waals surface area contributed by atoms with Gasteiger partial charge in [0.1, 0.15) is 35.3 Å². The second kappa shape index (κ2) is 7.01. The van der Waals surface area contributed by atoms with Crippen molar-refractivity contribution in [2.24, 2.45) is 0 Å². The van der Waals surface area contributed by atoms with Gasteiger partial charge in [-0.25, -0.2) is 13.8 Å². The number of halogens is 3. The molecule has 1 aromatic heterocycles. The summed E-state index contributed by atoms with van der Waals surface area (Å²) >= 11 is 6.18. The Bertz CT molecular complexity index is 1040. The zero-order chi connectivity index (χ0) is 19.3. The predicted molar refractivity (Wildman–Crippen MR) is 104 cm³/mol. The van der Waals surface area contributed by atoms with Gasteiger partial charge in [0.25, 0.3) is 0 Å². The molecule has 4 nitrogen and oxygen atoms in total. The average Bonchev–Trinajstić information content (AvgIpc) is 3.01. The molecular weight excluding hydrogens is 384 g/mol. The van der Waals surface area contributed by atoms with Crippen LogP contribution >= 0.6 is 11.6 Å². The first-order chi connectivity index (χ1) is 13.6. The van der Waals surface area contributed by atoms with E-state index in [0.717, 1.165) is 67.7 Å². The van der Waals surface area contributed by atoms with Gasteiger partial charge < -0.3 is 9.30 Å². The maximum absolute atomic E-state index is 14.1. The third-order valence-electron chi connectivity index (χ3n) is 5.78. The van der Waals surface area contributed by atoms with E-state index in [0.29, 0.717) is 17.2 Å². The molecule has 0 unspecified atom stereocenters. The van der Waals surface area contributed by atoms with Crippen molar-refractivity contribution >= 4 is 22.6 Å². The van der Waals surface area contributed by atoms with Gasteiger partial charge in [0, 0.05) is 17.2 Å². The van der Waals surface area contributed by atoms with E-state index >= 15 is 0 Å². The molecule has 0 saturated carbocycles. The first kappa shape index (κ1) is 17.9. The van der Waals surface area contributed by atoms with Crippen LogP contribution in [0.2, 0.25) is 5.02 Å². The summed E-state index contributed by atoms with van der Waals surface area (Å²) in [6.07, 6.45) is 1.70. The second-order valence-electron chi connectivity index (χ2n) is 7.52. The average molecular weight is 404 g/mol. The normalized spacial score (nSPS) is 17.8. The highest BCUT2D eigenvalue weighted by Gasteiger charge is 2.26. The molecule has 0 aliphatic carbocycles. The molecule has 2 aliphatic heterocycles. The molecule has 0 radical (unpaired) electrons. The molecule has 0 bridgehead atoms. The lowest BCUT2D eigenvalue weighted by Gasteiger charge is -2.32. The molecule has 2 aromatic carbocycles. The minimum atomic E-state index is -0.525. The van der Waals surface area contributed by atoms with Crippen molar-refractivity contribution in [3.05, 3.63) is 58.4 Å². The van der Waals surface area contributed by atoms with Crippen molar-refractivity contribution in [2.45, 2.75) is 31.8 Å². The predicted octanol–water partition coefficient (Wildman–Crippen LogP) is 4.74. The molecule has 0 spiro atoms. The Hall–Kier alpha value is -2.18. The molecule has 146 valence electrons. The van der Waals surface area contributed by atoms with Gasteiger partial charge in [-0.05, 0) is 49.5 Å². The Morgan fingerprint density at radius 3 is 2.71 bits per heavy atom. The van der Waals surface area contributed by atoms with Crippen LogP contribution in [0.5, 0.6) is 5.75 Å². The summed E-state index contributed by atoms with van der Waals surface area (Å²) in [7, 11) is 0. The maximum Gasteiger partial charge on any atom is 0.146 e. The quantitative estimate of drug-likeness (QED) is 0.632. The Kier molecular flexibility index (Phi) is 4.48. The highest BCUT2D eigenvalue weighted by molar-refractivity contribution is 6.31. The van der Waals surface area contributed by atoms with Crippen molar-refractivity contribution in [2.75, 3.05) is 19.7 Å². The van der Waals surface area contributed by atoms with Gasteiger partial charge in [-0.2, -0.15) is 0 Å². The molecule has 1 saturated heterocycles. The van der Waals surface area contributed by atoms with Crippen LogP contribution in [0, 0.1) is 11.6 Å². The summed E-state index contributed by atoms with van der Waals surface area (Å²) in [6, 6.07) is 7.62. The lowest BCUT2D eigenvalue weighted by molar-refractivity contribution is 0.194. The SMILES string of the molecule is Fc1ccc(C2CCN(Cc3nc4cc(Cl)cc5c4n3CCO5)CC2)c(F)c1. The number of piperidine rings is 1. The first-order valence-corrected chi connectivity index (χ1v) is 9.95. The number of hydrogen-bond acceptors (Lipinski definition) is 3. The maximum atomic E-state index is 14.1. The molecule has 28 heavy (non-hydrogen) atoms. The van der Waals surface area contributed by atoms with E-state index in [-0.39, 0.29) is 5.92 Å². The Labute approximate surface area is 166 Å². The van der Waals surface area contributed by atoms with E-state index in [4.69, 9.17) is 21.3 Å². The zero-order valence-corrected chi connectivity index (χ0v) is 16.1. The summed E-state index contributed by atoms with van der Waals surface area (Å²) in [5.74, 6) is 0.967. The Morgan fingerprint density at radius 1 is 1.11 bits per heavy atom. The molecule has 3 heterocycles. The highest BCUT2D eigenvalue weighted by atomic mass is 35.5. The fourth-order valence-corrected chi connectivity index (χ4v) is 4.60. The highest BCUT2D eigenvalue weighted by Crippen LogP contribution is 2.34.